The van der Waals surface area contributed by atoms with E-state index < -0.39 is 27.7 Å². The molecule has 28 heavy (non-hydrogen) atoms. The Morgan fingerprint density at radius 3 is 2.57 bits per heavy atom. The van der Waals surface area contributed by atoms with Crippen molar-refractivity contribution in [2.45, 2.75) is 12.6 Å². The number of fused-ring (bicyclic) bond motifs is 1. The summed E-state index contributed by atoms with van der Waals surface area (Å²) < 4.78 is 63.5. The summed E-state index contributed by atoms with van der Waals surface area (Å²) in [7, 11) is -3.51. The lowest BCUT2D eigenvalue weighted by atomic mass is 10.2. The molecular formula is C17H15F3N4O3S. The van der Waals surface area contributed by atoms with Gasteiger partial charge in [0.15, 0.2) is 0 Å². The molecule has 0 bridgehead atoms. The third-order valence-corrected chi connectivity index (χ3v) is 4.25. The molecule has 3 N–H and O–H groups in total. The van der Waals surface area contributed by atoms with Gasteiger partial charge in [-0.15, -0.1) is 0 Å². The molecular weight excluding hydrogens is 397 g/mol. The number of nitrogens with zero attached hydrogens (tertiary/aromatic N) is 1. The zero-order chi connectivity index (χ0) is 20.5. The van der Waals surface area contributed by atoms with Crippen molar-refractivity contribution in [3.63, 3.8) is 0 Å². The van der Waals surface area contributed by atoms with Crippen LogP contribution in [0.4, 0.5) is 24.5 Å². The second-order valence-corrected chi connectivity index (χ2v) is 7.81. The molecule has 11 heteroatoms. The van der Waals surface area contributed by atoms with Crippen molar-refractivity contribution in [3.05, 3.63) is 53.9 Å². The van der Waals surface area contributed by atoms with Crippen LogP contribution in [0, 0.1) is 0 Å². The number of sulfonamides is 1. The van der Waals surface area contributed by atoms with Gasteiger partial charge in [0, 0.05) is 5.69 Å². The average molecular weight is 412 g/mol. The Bertz CT molecular complexity index is 1140. The number of alkyl halides is 3. The average Bonchev–Trinajstić information content (AvgIpc) is 2.96. The molecule has 0 aliphatic carbocycles. The number of carbonyl (C=O) groups is 1. The Balaban J connectivity index is 1.78. The molecule has 1 aromatic heterocycles. The molecule has 0 aliphatic rings. The van der Waals surface area contributed by atoms with Gasteiger partial charge in [0.1, 0.15) is 5.82 Å². The summed E-state index contributed by atoms with van der Waals surface area (Å²) >= 11 is 0. The number of aromatic nitrogens is 2. The van der Waals surface area contributed by atoms with Crippen molar-refractivity contribution in [3.8, 4) is 0 Å². The minimum atomic E-state index is -4.51. The van der Waals surface area contributed by atoms with Gasteiger partial charge in [-0.3, -0.25) is 9.52 Å². The van der Waals surface area contributed by atoms with E-state index in [1.807, 2.05) is 0 Å². The molecule has 0 fully saturated rings. The number of benzene rings is 2. The second kappa shape index (κ2) is 7.15. The summed E-state index contributed by atoms with van der Waals surface area (Å²) in [5.41, 5.74) is 0.253. The molecule has 1 amide bonds. The number of rotatable bonds is 5. The zero-order valence-electron chi connectivity index (χ0n) is 14.5. The van der Waals surface area contributed by atoms with Gasteiger partial charge in [0.2, 0.25) is 15.9 Å². The van der Waals surface area contributed by atoms with E-state index in [1.165, 1.54) is 18.2 Å². The van der Waals surface area contributed by atoms with Gasteiger partial charge in [0.25, 0.3) is 0 Å². The van der Waals surface area contributed by atoms with Gasteiger partial charge < -0.3 is 10.3 Å². The highest BCUT2D eigenvalue weighted by atomic mass is 32.2. The molecule has 0 aliphatic heterocycles. The molecule has 0 saturated carbocycles. The number of anilines is 2. The van der Waals surface area contributed by atoms with Crippen molar-refractivity contribution in [2.75, 3.05) is 16.3 Å². The first-order valence-corrected chi connectivity index (χ1v) is 9.83. The van der Waals surface area contributed by atoms with Crippen LogP contribution in [0.3, 0.4) is 0 Å². The summed E-state index contributed by atoms with van der Waals surface area (Å²) in [6, 6.07) is 9.06. The molecule has 148 valence electrons. The highest BCUT2D eigenvalue weighted by Crippen LogP contribution is 2.30. The predicted octanol–water partition coefficient (Wildman–Crippen LogP) is 3.13. The van der Waals surface area contributed by atoms with Crippen LogP contribution in [0.1, 0.15) is 11.4 Å². The van der Waals surface area contributed by atoms with Crippen molar-refractivity contribution < 1.29 is 26.4 Å². The van der Waals surface area contributed by atoms with Gasteiger partial charge in [-0.2, -0.15) is 13.2 Å². The number of carbonyl (C=O) groups excluding carboxylic acids is 1. The van der Waals surface area contributed by atoms with E-state index in [4.69, 9.17) is 0 Å². The normalized spacial score (nSPS) is 12.1. The maximum Gasteiger partial charge on any atom is 0.416 e. The minimum Gasteiger partial charge on any atom is -0.340 e. The molecule has 2 aromatic carbocycles. The number of hydrogen-bond donors (Lipinski definition) is 3. The van der Waals surface area contributed by atoms with Crippen LogP contribution in [-0.2, 0) is 27.4 Å². The van der Waals surface area contributed by atoms with Crippen LogP contribution in [0.5, 0.6) is 0 Å². The number of halogens is 3. The van der Waals surface area contributed by atoms with E-state index in [-0.39, 0.29) is 23.6 Å². The zero-order valence-corrected chi connectivity index (χ0v) is 15.3. The SMILES string of the molecule is CS(=O)(=O)Nc1cccc2nc(CC(=O)Nc3cccc(C(F)(F)F)c3)[nH]c12. The van der Waals surface area contributed by atoms with Crippen molar-refractivity contribution >= 4 is 38.3 Å². The van der Waals surface area contributed by atoms with Gasteiger partial charge >= 0.3 is 6.18 Å². The standard InChI is InChI=1S/C17H15F3N4O3S/c1-28(26,27)24-13-7-3-6-12-16(13)23-14(22-12)9-15(25)21-11-5-2-4-10(8-11)17(18,19)20/h2-8,24H,9H2,1H3,(H,21,25)(H,22,23). The van der Waals surface area contributed by atoms with E-state index in [0.717, 1.165) is 18.4 Å². The molecule has 1 heterocycles. The Kier molecular flexibility index (Phi) is 5.02. The van der Waals surface area contributed by atoms with Crippen molar-refractivity contribution in [1.29, 1.82) is 0 Å². The quantitative estimate of drug-likeness (QED) is 0.599. The maximum absolute atomic E-state index is 12.7. The summed E-state index contributed by atoms with van der Waals surface area (Å²) in [4.78, 5) is 19.2. The fourth-order valence-electron chi connectivity index (χ4n) is 2.58. The van der Waals surface area contributed by atoms with Crippen molar-refractivity contribution in [1.82, 2.24) is 9.97 Å². The minimum absolute atomic E-state index is 0.00960. The molecule has 0 saturated heterocycles. The van der Waals surface area contributed by atoms with E-state index >= 15 is 0 Å². The summed E-state index contributed by atoms with van der Waals surface area (Å²) in [6.45, 7) is 0. The number of imidazole rings is 1. The fourth-order valence-corrected chi connectivity index (χ4v) is 3.15. The predicted molar refractivity (Wildman–Crippen MR) is 98.3 cm³/mol. The molecule has 0 radical (unpaired) electrons. The van der Waals surface area contributed by atoms with Crippen LogP contribution in [0.15, 0.2) is 42.5 Å². The summed E-state index contributed by atoms with van der Waals surface area (Å²) in [6.07, 6.45) is -3.74. The van der Waals surface area contributed by atoms with Gasteiger partial charge in [-0.1, -0.05) is 12.1 Å². The van der Waals surface area contributed by atoms with Crippen LogP contribution < -0.4 is 10.0 Å². The Labute approximate surface area is 158 Å². The number of hydrogen-bond acceptors (Lipinski definition) is 4. The Morgan fingerprint density at radius 1 is 1.18 bits per heavy atom. The first kappa shape index (κ1) is 19.7. The highest BCUT2D eigenvalue weighted by Gasteiger charge is 2.30. The third kappa shape index (κ3) is 4.80. The Morgan fingerprint density at radius 2 is 1.89 bits per heavy atom. The maximum atomic E-state index is 12.7. The van der Waals surface area contributed by atoms with E-state index in [0.29, 0.717) is 11.0 Å². The third-order valence-electron chi connectivity index (χ3n) is 3.66. The molecule has 0 atom stereocenters. The summed E-state index contributed by atoms with van der Waals surface area (Å²) in [5.74, 6) is -0.335. The van der Waals surface area contributed by atoms with Gasteiger partial charge in [0.05, 0.1) is 35.0 Å². The van der Waals surface area contributed by atoms with Crippen LogP contribution in [-0.4, -0.2) is 30.5 Å². The number of H-pyrrole nitrogens is 1. The lowest BCUT2D eigenvalue weighted by molar-refractivity contribution is -0.137. The molecule has 3 aromatic rings. The topological polar surface area (TPSA) is 104 Å². The first-order chi connectivity index (χ1) is 13.0. The Hall–Kier alpha value is -3.08. The monoisotopic (exact) mass is 412 g/mol. The number of nitrogens with one attached hydrogen (secondary N) is 3. The number of amides is 1. The molecule has 0 unspecified atom stereocenters. The van der Waals surface area contributed by atoms with E-state index in [2.05, 4.69) is 20.0 Å². The van der Waals surface area contributed by atoms with Crippen LogP contribution >= 0.6 is 0 Å². The van der Waals surface area contributed by atoms with E-state index in [1.54, 1.807) is 12.1 Å². The second-order valence-electron chi connectivity index (χ2n) is 6.06. The molecule has 7 nitrogen and oxygen atoms in total. The number of para-hydroxylation sites is 1. The van der Waals surface area contributed by atoms with Gasteiger partial charge in [-0.05, 0) is 30.3 Å². The van der Waals surface area contributed by atoms with Crippen molar-refractivity contribution in [2.24, 2.45) is 0 Å². The fraction of sp³-hybridized carbons (Fsp3) is 0.176. The highest BCUT2D eigenvalue weighted by molar-refractivity contribution is 7.92. The largest absolute Gasteiger partial charge is 0.416 e. The summed E-state index contributed by atoms with van der Waals surface area (Å²) in [5, 5.41) is 2.39. The molecule has 3 rings (SSSR count). The number of aromatic amines is 1. The van der Waals surface area contributed by atoms with Gasteiger partial charge in [-0.25, -0.2) is 13.4 Å². The van der Waals surface area contributed by atoms with Crippen LogP contribution in [0.2, 0.25) is 0 Å². The smallest absolute Gasteiger partial charge is 0.340 e. The molecule has 0 spiro atoms. The first-order valence-electron chi connectivity index (χ1n) is 7.94. The van der Waals surface area contributed by atoms with E-state index in [9.17, 15) is 26.4 Å². The van der Waals surface area contributed by atoms with Crippen LogP contribution in [0.25, 0.3) is 11.0 Å². The lowest BCUT2D eigenvalue weighted by Gasteiger charge is -2.09. The lowest BCUT2D eigenvalue weighted by Crippen LogP contribution is -2.16.